The SMILES string of the molecule is O=C(c1c[nH]c(=O)[nH]c1=O)N1CCC[C@@H](c2cnccn2)C1. The summed E-state index contributed by atoms with van der Waals surface area (Å²) in [7, 11) is 0. The van der Waals surface area contributed by atoms with Gasteiger partial charge in [0.25, 0.3) is 11.5 Å². The highest BCUT2D eigenvalue weighted by Gasteiger charge is 2.27. The molecule has 114 valence electrons. The van der Waals surface area contributed by atoms with Crippen molar-refractivity contribution in [1.29, 1.82) is 0 Å². The van der Waals surface area contributed by atoms with Gasteiger partial charge in [-0.3, -0.25) is 24.5 Å². The Bertz CT molecular complexity index is 783. The molecule has 1 amide bonds. The van der Waals surface area contributed by atoms with E-state index in [1.165, 1.54) is 0 Å². The molecule has 8 nitrogen and oxygen atoms in total. The fourth-order valence-corrected chi connectivity index (χ4v) is 2.66. The zero-order valence-electron chi connectivity index (χ0n) is 11.8. The lowest BCUT2D eigenvalue weighted by molar-refractivity contribution is 0.0703. The van der Waals surface area contributed by atoms with E-state index < -0.39 is 11.2 Å². The quantitative estimate of drug-likeness (QED) is 0.802. The van der Waals surface area contributed by atoms with Gasteiger partial charge in [0, 0.05) is 43.8 Å². The van der Waals surface area contributed by atoms with Crippen molar-refractivity contribution in [3.8, 4) is 0 Å². The number of likely N-dealkylation sites (tertiary alicyclic amines) is 1. The molecule has 3 rings (SSSR count). The van der Waals surface area contributed by atoms with Crippen molar-refractivity contribution in [3.05, 3.63) is 56.9 Å². The van der Waals surface area contributed by atoms with Gasteiger partial charge in [-0.1, -0.05) is 0 Å². The molecule has 8 heteroatoms. The number of aromatic amines is 2. The summed E-state index contributed by atoms with van der Waals surface area (Å²) >= 11 is 0. The maximum atomic E-state index is 12.5. The van der Waals surface area contributed by atoms with Crippen LogP contribution in [0.3, 0.4) is 0 Å². The van der Waals surface area contributed by atoms with E-state index in [4.69, 9.17) is 0 Å². The van der Waals surface area contributed by atoms with E-state index in [0.717, 1.165) is 24.7 Å². The molecule has 0 saturated carbocycles. The smallest absolute Gasteiger partial charge is 0.325 e. The third-order valence-corrected chi connectivity index (χ3v) is 3.76. The standard InChI is InChI=1S/C14H15N5O3/c20-12-10(6-17-14(22)18-12)13(21)19-5-1-2-9(8-19)11-7-15-3-4-16-11/h3-4,6-7,9H,1-2,5,8H2,(H2,17,18,20,22)/t9-/m1/s1. The van der Waals surface area contributed by atoms with Crippen LogP contribution in [0.5, 0.6) is 0 Å². The van der Waals surface area contributed by atoms with E-state index in [9.17, 15) is 14.4 Å². The Hall–Kier alpha value is -2.77. The molecular formula is C14H15N5O3. The first-order valence-corrected chi connectivity index (χ1v) is 7.02. The van der Waals surface area contributed by atoms with Crippen LogP contribution in [-0.4, -0.2) is 43.8 Å². The third kappa shape index (κ3) is 2.80. The van der Waals surface area contributed by atoms with Gasteiger partial charge in [-0.2, -0.15) is 0 Å². The maximum Gasteiger partial charge on any atom is 0.325 e. The number of aromatic nitrogens is 4. The molecule has 0 aromatic carbocycles. The third-order valence-electron chi connectivity index (χ3n) is 3.76. The number of nitrogens with zero attached hydrogens (tertiary/aromatic N) is 3. The molecule has 1 saturated heterocycles. The Morgan fingerprint density at radius 2 is 2.18 bits per heavy atom. The Morgan fingerprint density at radius 3 is 2.91 bits per heavy atom. The first-order chi connectivity index (χ1) is 10.6. The summed E-state index contributed by atoms with van der Waals surface area (Å²) in [5, 5.41) is 0. The van der Waals surface area contributed by atoms with Crippen molar-refractivity contribution in [3.63, 3.8) is 0 Å². The molecular weight excluding hydrogens is 286 g/mol. The summed E-state index contributed by atoms with van der Waals surface area (Å²) < 4.78 is 0. The van der Waals surface area contributed by atoms with Crippen LogP contribution in [0.15, 0.2) is 34.4 Å². The molecule has 2 N–H and O–H groups in total. The van der Waals surface area contributed by atoms with Gasteiger partial charge in [0.15, 0.2) is 0 Å². The van der Waals surface area contributed by atoms with Gasteiger partial charge >= 0.3 is 5.69 Å². The van der Waals surface area contributed by atoms with Crippen LogP contribution in [0.1, 0.15) is 34.8 Å². The normalized spacial score (nSPS) is 18.2. The van der Waals surface area contributed by atoms with E-state index in [-0.39, 0.29) is 17.4 Å². The number of piperidine rings is 1. The zero-order chi connectivity index (χ0) is 15.5. The van der Waals surface area contributed by atoms with Crippen molar-refractivity contribution in [2.45, 2.75) is 18.8 Å². The van der Waals surface area contributed by atoms with E-state index in [2.05, 4.69) is 19.9 Å². The minimum atomic E-state index is -0.671. The van der Waals surface area contributed by atoms with Crippen LogP contribution in [0.2, 0.25) is 0 Å². The molecule has 3 heterocycles. The first kappa shape index (κ1) is 14.2. The van der Waals surface area contributed by atoms with Gasteiger partial charge in [-0.25, -0.2) is 4.79 Å². The fourth-order valence-electron chi connectivity index (χ4n) is 2.66. The lowest BCUT2D eigenvalue weighted by atomic mass is 9.94. The molecule has 1 fully saturated rings. The molecule has 0 bridgehead atoms. The summed E-state index contributed by atoms with van der Waals surface area (Å²) in [6.45, 7) is 1.06. The molecule has 0 unspecified atom stereocenters. The van der Waals surface area contributed by atoms with Gasteiger partial charge in [-0.05, 0) is 12.8 Å². The zero-order valence-corrected chi connectivity index (χ0v) is 11.8. The maximum absolute atomic E-state index is 12.5. The predicted molar refractivity (Wildman–Crippen MR) is 77.6 cm³/mol. The number of rotatable bonds is 2. The second kappa shape index (κ2) is 5.92. The van der Waals surface area contributed by atoms with Gasteiger partial charge < -0.3 is 9.88 Å². The number of carbonyl (C=O) groups is 1. The lowest BCUT2D eigenvalue weighted by Crippen LogP contribution is -2.42. The van der Waals surface area contributed by atoms with E-state index in [0.29, 0.717) is 13.1 Å². The van der Waals surface area contributed by atoms with Crippen LogP contribution >= 0.6 is 0 Å². The number of hydrogen-bond acceptors (Lipinski definition) is 5. The van der Waals surface area contributed by atoms with Crippen molar-refractivity contribution in [2.24, 2.45) is 0 Å². The monoisotopic (exact) mass is 301 g/mol. The second-order valence-corrected chi connectivity index (χ2v) is 5.21. The number of carbonyl (C=O) groups excluding carboxylic acids is 1. The number of hydrogen-bond donors (Lipinski definition) is 2. The Kier molecular flexibility index (Phi) is 3.82. The number of nitrogens with one attached hydrogen (secondary N) is 2. The van der Waals surface area contributed by atoms with Crippen molar-refractivity contribution in [1.82, 2.24) is 24.8 Å². The minimum absolute atomic E-state index is 0.0561. The van der Waals surface area contributed by atoms with Gasteiger partial charge in [0.2, 0.25) is 0 Å². The molecule has 0 spiro atoms. The summed E-state index contributed by atoms with van der Waals surface area (Å²) in [6, 6.07) is 0. The highest BCUT2D eigenvalue weighted by atomic mass is 16.2. The number of H-pyrrole nitrogens is 2. The van der Waals surface area contributed by atoms with E-state index >= 15 is 0 Å². The Balaban J connectivity index is 1.81. The van der Waals surface area contributed by atoms with Gasteiger partial charge in [-0.15, -0.1) is 0 Å². The molecule has 1 aliphatic rings. The molecule has 1 aliphatic heterocycles. The average molecular weight is 301 g/mol. The Labute approximate surface area is 125 Å². The van der Waals surface area contributed by atoms with Crippen molar-refractivity contribution in [2.75, 3.05) is 13.1 Å². The molecule has 0 aliphatic carbocycles. The minimum Gasteiger partial charge on any atom is -0.338 e. The molecule has 2 aromatic heterocycles. The highest BCUT2D eigenvalue weighted by Crippen LogP contribution is 2.25. The van der Waals surface area contributed by atoms with Gasteiger partial charge in [0.1, 0.15) is 5.56 Å². The molecule has 0 radical (unpaired) electrons. The summed E-state index contributed by atoms with van der Waals surface area (Å²) in [5.74, 6) is -0.278. The van der Waals surface area contributed by atoms with Crippen LogP contribution in [-0.2, 0) is 0 Å². The van der Waals surface area contributed by atoms with Crippen LogP contribution < -0.4 is 11.2 Å². The summed E-state index contributed by atoms with van der Waals surface area (Å²) in [6.07, 6.45) is 7.84. The first-order valence-electron chi connectivity index (χ1n) is 7.02. The van der Waals surface area contributed by atoms with Crippen molar-refractivity contribution >= 4 is 5.91 Å². The van der Waals surface area contributed by atoms with E-state index in [1.54, 1.807) is 23.5 Å². The van der Waals surface area contributed by atoms with Crippen LogP contribution in [0.25, 0.3) is 0 Å². The Morgan fingerprint density at radius 1 is 1.32 bits per heavy atom. The van der Waals surface area contributed by atoms with E-state index in [1.807, 2.05) is 0 Å². The lowest BCUT2D eigenvalue weighted by Gasteiger charge is -2.32. The second-order valence-electron chi connectivity index (χ2n) is 5.21. The largest absolute Gasteiger partial charge is 0.338 e. The summed E-state index contributed by atoms with van der Waals surface area (Å²) in [4.78, 5) is 49.6. The number of amides is 1. The van der Waals surface area contributed by atoms with Crippen LogP contribution in [0, 0.1) is 0 Å². The predicted octanol–water partition coefficient (Wildman–Crippen LogP) is -0.127. The molecule has 1 atom stereocenters. The fraction of sp³-hybridized carbons (Fsp3) is 0.357. The van der Waals surface area contributed by atoms with Crippen molar-refractivity contribution < 1.29 is 4.79 Å². The average Bonchev–Trinajstić information content (AvgIpc) is 2.55. The molecule has 2 aromatic rings. The van der Waals surface area contributed by atoms with Gasteiger partial charge in [0.05, 0.1) is 5.69 Å². The van der Waals surface area contributed by atoms with Crippen LogP contribution in [0.4, 0.5) is 0 Å². The highest BCUT2D eigenvalue weighted by molar-refractivity contribution is 5.93. The summed E-state index contributed by atoms with van der Waals surface area (Å²) in [5.41, 5.74) is -0.511. The molecule has 22 heavy (non-hydrogen) atoms. The topological polar surface area (TPSA) is 112 Å².